The summed E-state index contributed by atoms with van der Waals surface area (Å²) in [7, 11) is 1.91. The fourth-order valence-electron chi connectivity index (χ4n) is 1.19. The van der Waals surface area contributed by atoms with Gasteiger partial charge in [0.25, 0.3) is 0 Å². The number of hydrogen-bond donors (Lipinski definition) is 2. The molecule has 6 heteroatoms. The topological polar surface area (TPSA) is 67.1 Å². The Morgan fingerprint density at radius 1 is 1.44 bits per heavy atom. The first kappa shape index (κ1) is 12.5. The lowest BCUT2D eigenvalue weighted by molar-refractivity contribution is 0.757. The normalized spacial score (nSPS) is 11.6. The van der Waals surface area contributed by atoms with Crippen LogP contribution >= 0.6 is 0 Å². The van der Waals surface area contributed by atoms with Crippen molar-refractivity contribution < 1.29 is 0 Å². The maximum absolute atomic E-state index is 4.43. The summed E-state index contributed by atoms with van der Waals surface area (Å²) in [6.07, 6.45) is 2.76. The monoisotopic (exact) mass is 224 g/mol. The summed E-state index contributed by atoms with van der Waals surface area (Å²) in [6, 6.07) is 0. The van der Waals surface area contributed by atoms with Gasteiger partial charge in [-0.1, -0.05) is 6.92 Å². The number of hydrogen-bond acceptors (Lipinski definition) is 3. The molecule has 0 saturated heterocycles. The van der Waals surface area contributed by atoms with Gasteiger partial charge in [0.1, 0.15) is 12.9 Å². The van der Waals surface area contributed by atoms with Crippen LogP contribution in [0.1, 0.15) is 26.1 Å². The molecule has 1 rings (SSSR count). The Bertz CT molecular complexity index is 330. The van der Waals surface area contributed by atoms with Crippen molar-refractivity contribution in [3.63, 3.8) is 0 Å². The van der Waals surface area contributed by atoms with E-state index in [0.717, 1.165) is 31.3 Å². The summed E-state index contributed by atoms with van der Waals surface area (Å²) in [5.74, 6) is 1.68. The van der Waals surface area contributed by atoms with Gasteiger partial charge < -0.3 is 15.2 Å². The zero-order chi connectivity index (χ0) is 11.8. The molecule has 1 aromatic rings. The molecule has 0 amide bonds. The Labute approximate surface area is 96.2 Å². The zero-order valence-corrected chi connectivity index (χ0v) is 10.2. The minimum atomic E-state index is 0.537. The van der Waals surface area contributed by atoms with Crippen LogP contribution in [-0.2, 0) is 13.6 Å². The van der Waals surface area contributed by atoms with Gasteiger partial charge in [0.15, 0.2) is 11.8 Å². The molecule has 16 heavy (non-hydrogen) atoms. The van der Waals surface area contributed by atoms with Gasteiger partial charge in [-0.25, -0.2) is 4.99 Å². The van der Waals surface area contributed by atoms with Crippen LogP contribution < -0.4 is 10.6 Å². The lowest BCUT2D eigenvalue weighted by atomic mass is 10.5. The van der Waals surface area contributed by atoms with Gasteiger partial charge >= 0.3 is 0 Å². The molecule has 0 aliphatic carbocycles. The molecule has 0 radical (unpaired) electrons. The summed E-state index contributed by atoms with van der Waals surface area (Å²) >= 11 is 0. The third kappa shape index (κ3) is 3.88. The van der Waals surface area contributed by atoms with E-state index in [2.05, 4.69) is 32.7 Å². The van der Waals surface area contributed by atoms with Crippen molar-refractivity contribution in [3.05, 3.63) is 12.2 Å². The fourth-order valence-corrected chi connectivity index (χ4v) is 1.19. The molecule has 0 atom stereocenters. The van der Waals surface area contributed by atoms with Gasteiger partial charge in [0.2, 0.25) is 0 Å². The van der Waals surface area contributed by atoms with Crippen LogP contribution in [-0.4, -0.2) is 33.8 Å². The van der Waals surface area contributed by atoms with Gasteiger partial charge in [-0.2, -0.15) is 0 Å². The predicted molar refractivity (Wildman–Crippen MR) is 64.1 cm³/mol. The maximum atomic E-state index is 4.43. The lowest BCUT2D eigenvalue weighted by Gasteiger charge is -2.09. The van der Waals surface area contributed by atoms with Crippen LogP contribution in [0, 0.1) is 0 Å². The summed E-state index contributed by atoms with van der Waals surface area (Å²) in [4.78, 5) is 4.43. The molecule has 0 bridgehead atoms. The van der Waals surface area contributed by atoms with Crippen molar-refractivity contribution in [2.24, 2.45) is 12.0 Å². The second kappa shape index (κ2) is 6.81. The van der Waals surface area contributed by atoms with Gasteiger partial charge in [-0.05, 0) is 13.3 Å². The van der Waals surface area contributed by atoms with Crippen LogP contribution in [0.3, 0.4) is 0 Å². The molecule has 2 N–H and O–H groups in total. The second-order valence-electron chi connectivity index (χ2n) is 3.48. The molecule has 0 aromatic carbocycles. The highest BCUT2D eigenvalue weighted by molar-refractivity contribution is 5.79. The standard InChI is InChI=1S/C10H20N6/c1-4-6-12-10(11-5-2)13-7-9-15-14-8-16(9)3/h8H,4-7H2,1-3H3,(H2,11,12,13). The van der Waals surface area contributed by atoms with Crippen molar-refractivity contribution in [1.29, 1.82) is 0 Å². The van der Waals surface area contributed by atoms with Crippen LogP contribution in [0.4, 0.5) is 0 Å². The highest BCUT2D eigenvalue weighted by atomic mass is 15.3. The molecule has 0 spiro atoms. The molecule has 1 heterocycles. The molecular weight excluding hydrogens is 204 g/mol. The smallest absolute Gasteiger partial charge is 0.191 e. The Morgan fingerprint density at radius 3 is 2.81 bits per heavy atom. The lowest BCUT2D eigenvalue weighted by Crippen LogP contribution is -2.37. The predicted octanol–water partition coefficient (Wildman–Crippen LogP) is 0.280. The zero-order valence-electron chi connectivity index (χ0n) is 10.2. The number of aromatic nitrogens is 3. The summed E-state index contributed by atoms with van der Waals surface area (Å²) in [5, 5.41) is 14.2. The molecule has 90 valence electrons. The average Bonchev–Trinajstić information content (AvgIpc) is 2.68. The van der Waals surface area contributed by atoms with Crippen LogP contribution in [0.15, 0.2) is 11.3 Å². The molecule has 0 fully saturated rings. The Balaban J connectivity index is 2.53. The number of rotatable bonds is 5. The second-order valence-corrected chi connectivity index (χ2v) is 3.48. The highest BCUT2D eigenvalue weighted by Gasteiger charge is 2.00. The van der Waals surface area contributed by atoms with Crippen molar-refractivity contribution >= 4 is 5.96 Å². The fraction of sp³-hybridized carbons (Fsp3) is 0.700. The molecule has 0 aliphatic heterocycles. The first-order valence-electron chi connectivity index (χ1n) is 5.63. The van der Waals surface area contributed by atoms with E-state index in [0.29, 0.717) is 6.54 Å². The van der Waals surface area contributed by atoms with Gasteiger partial charge in [-0.15, -0.1) is 10.2 Å². The number of guanidine groups is 1. The number of aliphatic imine (C=N–C) groups is 1. The number of nitrogens with one attached hydrogen (secondary N) is 2. The van der Waals surface area contributed by atoms with E-state index in [1.807, 2.05) is 18.5 Å². The quantitative estimate of drug-likeness (QED) is 0.557. The van der Waals surface area contributed by atoms with Crippen molar-refractivity contribution in [2.75, 3.05) is 13.1 Å². The largest absolute Gasteiger partial charge is 0.357 e. The van der Waals surface area contributed by atoms with E-state index in [-0.39, 0.29) is 0 Å². The molecule has 1 aromatic heterocycles. The first-order valence-corrected chi connectivity index (χ1v) is 5.63. The summed E-state index contributed by atoms with van der Waals surface area (Å²) in [5.41, 5.74) is 0. The molecular formula is C10H20N6. The average molecular weight is 224 g/mol. The number of nitrogens with zero attached hydrogens (tertiary/aromatic N) is 4. The van der Waals surface area contributed by atoms with Gasteiger partial charge in [-0.3, -0.25) is 0 Å². The van der Waals surface area contributed by atoms with Crippen molar-refractivity contribution in [3.8, 4) is 0 Å². The molecule has 0 aliphatic rings. The number of aryl methyl sites for hydroxylation is 1. The summed E-state index contributed by atoms with van der Waals surface area (Å²) in [6.45, 7) is 6.49. The first-order chi connectivity index (χ1) is 7.77. The van der Waals surface area contributed by atoms with E-state index >= 15 is 0 Å². The highest BCUT2D eigenvalue weighted by Crippen LogP contribution is 1.93. The third-order valence-corrected chi connectivity index (χ3v) is 2.07. The molecule has 0 unspecified atom stereocenters. The SMILES string of the molecule is CCCNC(=NCc1nncn1C)NCC. The van der Waals surface area contributed by atoms with Crippen molar-refractivity contribution in [1.82, 2.24) is 25.4 Å². The van der Waals surface area contributed by atoms with E-state index in [4.69, 9.17) is 0 Å². The van der Waals surface area contributed by atoms with E-state index in [9.17, 15) is 0 Å². The van der Waals surface area contributed by atoms with Crippen LogP contribution in [0.2, 0.25) is 0 Å². The molecule has 0 saturated carbocycles. The van der Waals surface area contributed by atoms with Gasteiger partial charge in [0, 0.05) is 20.1 Å². The maximum Gasteiger partial charge on any atom is 0.191 e. The Hall–Kier alpha value is -1.59. The van der Waals surface area contributed by atoms with E-state index in [1.165, 1.54) is 0 Å². The van der Waals surface area contributed by atoms with Crippen LogP contribution in [0.5, 0.6) is 0 Å². The van der Waals surface area contributed by atoms with Crippen LogP contribution in [0.25, 0.3) is 0 Å². The van der Waals surface area contributed by atoms with E-state index < -0.39 is 0 Å². The van der Waals surface area contributed by atoms with Gasteiger partial charge in [0.05, 0.1) is 0 Å². The Kier molecular flexibility index (Phi) is 5.31. The molecule has 6 nitrogen and oxygen atoms in total. The summed E-state index contributed by atoms with van der Waals surface area (Å²) < 4.78 is 1.87. The Morgan fingerprint density at radius 2 is 2.25 bits per heavy atom. The minimum absolute atomic E-state index is 0.537. The van der Waals surface area contributed by atoms with Crippen molar-refractivity contribution in [2.45, 2.75) is 26.8 Å². The van der Waals surface area contributed by atoms with E-state index in [1.54, 1.807) is 6.33 Å². The third-order valence-electron chi connectivity index (χ3n) is 2.07. The minimum Gasteiger partial charge on any atom is -0.357 e.